The Morgan fingerprint density at radius 2 is 2.09 bits per heavy atom. The maximum absolute atomic E-state index is 13.9. The van der Waals surface area contributed by atoms with Crippen molar-refractivity contribution in [1.82, 2.24) is 9.78 Å². The zero-order valence-electron chi connectivity index (χ0n) is 12.0. The third kappa shape index (κ3) is 3.52. The summed E-state index contributed by atoms with van der Waals surface area (Å²) in [5, 5.41) is 17.7. The highest BCUT2D eigenvalue weighted by molar-refractivity contribution is 5.62. The van der Waals surface area contributed by atoms with E-state index in [4.69, 9.17) is 0 Å². The van der Waals surface area contributed by atoms with Crippen molar-refractivity contribution in [1.29, 1.82) is 0 Å². The molecule has 2 aromatic carbocycles. The lowest BCUT2D eigenvalue weighted by atomic mass is 10.2. The zero-order valence-corrected chi connectivity index (χ0v) is 12.0. The molecule has 0 amide bonds. The van der Waals surface area contributed by atoms with Crippen molar-refractivity contribution in [3.8, 4) is 0 Å². The predicted octanol–water partition coefficient (Wildman–Crippen LogP) is 3.72. The van der Waals surface area contributed by atoms with Gasteiger partial charge in [0, 0.05) is 24.1 Å². The molecule has 1 aromatic heterocycles. The molecule has 0 spiro atoms. The molecule has 0 aliphatic carbocycles. The highest BCUT2D eigenvalue weighted by Crippen LogP contribution is 2.24. The van der Waals surface area contributed by atoms with Crippen LogP contribution in [0.3, 0.4) is 0 Å². The van der Waals surface area contributed by atoms with Gasteiger partial charge in [0.1, 0.15) is 0 Å². The summed E-state index contributed by atoms with van der Waals surface area (Å²) < 4.78 is 15.7. The number of aromatic nitrogens is 2. The molecule has 0 aliphatic heterocycles. The molecule has 0 saturated heterocycles. The Labute approximate surface area is 131 Å². The van der Waals surface area contributed by atoms with Gasteiger partial charge < -0.3 is 5.32 Å². The van der Waals surface area contributed by atoms with Crippen LogP contribution in [0.1, 0.15) is 5.56 Å². The number of hydrogen-bond acceptors (Lipinski definition) is 4. The monoisotopic (exact) mass is 312 g/mol. The smallest absolute Gasteiger partial charge is 0.272 e. The molecule has 23 heavy (non-hydrogen) atoms. The normalized spacial score (nSPS) is 10.5. The molecular formula is C16H13FN4O2. The fourth-order valence-corrected chi connectivity index (χ4v) is 2.20. The fourth-order valence-electron chi connectivity index (χ4n) is 2.20. The first-order chi connectivity index (χ1) is 11.1. The van der Waals surface area contributed by atoms with Crippen molar-refractivity contribution in [3.05, 3.63) is 82.4 Å². The maximum Gasteiger partial charge on any atom is 0.272 e. The highest BCUT2D eigenvalue weighted by Gasteiger charge is 2.10. The van der Waals surface area contributed by atoms with Crippen LogP contribution in [0.15, 0.2) is 60.9 Å². The Hall–Kier alpha value is -3.22. The summed E-state index contributed by atoms with van der Waals surface area (Å²) in [6.07, 6.45) is 3.56. The van der Waals surface area contributed by atoms with E-state index in [0.717, 1.165) is 11.6 Å². The number of benzene rings is 2. The molecule has 0 radical (unpaired) electrons. The Kier molecular flexibility index (Phi) is 4.01. The summed E-state index contributed by atoms with van der Waals surface area (Å²) in [5.74, 6) is -0.670. The van der Waals surface area contributed by atoms with E-state index in [1.165, 1.54) is 12.1 Å². The van der Waals surface area contributed by atoms with E-state index in [1.807, 2.05) is 30.5 Å². The number of rotatable bonds is 5. The molecule has 3 aromatic rings. The van der Waals surface area contributed by atoms with Gasteiger partial charge in [-0.15, -0.1) is 0 Å². The first-order valence-corrected chi connectivity index (χ1v) is 6.89. The lowest BCUT2D eigenvalue weighted by Gasteiger charge is -2.09. The summed E-state index contributed by atoms with van der Waals surface area (Å²) in [6.45, 7) is 0.602. The minimum Gasteiger partial charge on any atom is -0.353 e. The van der Waals surface area contributed by atoms with E-state index < -0.39 is 10.7 Å². The molecule has 0 fully saturated rings. The predicted molar refractivity (Wildman–Crippen MR) is 84.1 cm³/mol. The van der Waals surface area contributed by atoms with Crippen LogP contribution in [0.2, 0.25) is 0 Å². The number of halogens is 1. The minimum absolute atomic E-state index is 0.187. The van der Waals surface area contributed by atoms with Crippen LogP contribution in [-0.2, 0) is 6.54 Å². The summed E-state index contributed by atoms with van der Waals surface area (Å²) >= 11 is 0. The van der Waals surface area contributed by atoms with Crippen molar-refractivity contribution >= 4 is 17.1 Å². The summed E-state index contributed by atoms with van der Waals surface area (Å²) in [4.78, 5) is 10.0. The topological polar surface area (TPSA) is 73.0 Å². The molecular weight excluding hydrogens is 299 g/mol. The molecule has 1 heterocycles. The lowest BCUT2D eigenvalue weighted by molar-refractivity contribution is -0.385. The first-order valence-electron chi connectivity index (χ1n) is 6.89. The van der Waals surface area contributed by atoms with Gasteiger partial charge in [-0.25, -0.2) is 4.39 Å². The lowest BCUT2D eigenvalue weighted by Crippen LogP contribution is -2.01. The molecule has 6 nitrogen and oxygen atoms in total. The molecule has 0 bridgehead atoms. The number of hydrogen-bond donors (Lipinski definition) is 1. The third-order valence-electron chi connectivity index (χ3n) is 3.27. The van der Waals surface area contributed by atoms with E-state index in [9.17, 15) is 14.5 Å². The zero-order chi connectivity index (χ0) is 16.2. The molecule has 7 heteroatoms. The quantitative estimate of drug-likeness (QED) is 0.575. The molecule has 116 valence electrons. The summed E-state index contributed by atoms with van der Waals surface area (Å²) in [6, 6.07) is 12.8. The molecule has 0 unspecified atom stereocenters. The SMILES string of the molecule is O=[N+]([O-])c1ccc(Nc2cccc(Cn3cccn3)c2)c(F)c1. The van der Waals surface area contributed by atoms with Crippen LogP contribution in [0.5, 0.6) is 0 Å². The number of nitro groups is 1. The van der Waals surface area contributed by atoms with Gasteiger partial charge in [-0.1, -0.05) is 12.1 Å². The Morgan fingerprint density at radius 3 is 2.78 bits per heavy atom. The van der Waals surface area contributed by atoms with Gasteiger partial charge in [0.05, 0.1) is 23.2 Å². The highest BCUT2D eigenvalue weighted by atomic mass is 19.1. The van der Waals surface area contributed by atoms with Crippen molar-refractivity contribution in [2.75, 3.05) is 5.32 Å². The number of nitrogens with zero attached hydrogens (tertiary/aromatic N) is 3. The summed E-state index contributed by atoms with van der Waals surface area (Å²) in [7, 11) is 0. The Balaban J connectivity index is 1.79. The van der Waals surface area contributed by atoms with Crippen LogP contribution < -0.4 is 5.32 Å². The van der Waals surface area contributed by atoms with Crippen LogP contribution in [0.25, 0.3) is 0 Å². The molecule has 1 N–H and O–H groups in total. The van der Waals surface area contributed by atoms with Crippen LogP contribution in [-0.4, -0.2) is 14.7 Å². The average Bonchev–Trinajstić information content (AvgIpc) is 3.02. The average molecular weight is 312 g/mol. The first kappa shape index (κ1) is 14.7. The molecule has 3 rings (SSSR count). The van der Waals surface area contributed by atoms with Crippen molar-refractivity contribution in [2.24, 2.45) is 0 Å². The Bertz CT molecular complexity index is 834. The van der Waals surface area contributed by atoms with Gasteiger partial charge in [-0.3, -0.25) is 14.8 Å². The summed E-state index contributed by atoms with van der Waals surface area (Å²) in [5.41, 5.74) is 1.61. The Morgan fingerprint density at radius 1 is 1.22 bits per heavy atom. The van der Waals surface area contributed by atoms with Crippen LogP contribution in [0.4, 0.5) is 21.5 Å². The standard InChI is InChI=1S/C16H13FN4O2/c17-15-10-14(21(22)23)5-6-16(15)19-13-4-1-3-12(9-13)11-20-8-2-7-18-20/h1-10,19H,11H2. The number of nitro benzene ring substituents is 1. The molecule has 0 atom stereocenters. The van der Waals surface area contributed by atoms with E-state index in [0.29, 0.717) is 12.2 Å². The third-order valence-corrected chi connectivity index (χ3v) is 3.27. The number of non-ortho nitro benzene ring substituents is 1. The van der Waals surface area contributed by atoms with Gasteiger partial charge in [0.2, 0.25) is 0 Å². The van der Waals surface area contributed by atoms with E-state index in [-0.39, 0.29) is 11.4 Å². The largest absolute Gasteiger partial charge is 0.353 e. The maximum atomic E-state index is 13.9. The second kappa shape index (κ2) is 6.27. The van der Waals surface area contributed by atoms with E-state index in [2.05, 4.69) is 10.4 Å². The van der Waals surface area contributed by atoms with Gasteiger partial charge in [0.15, 0.2) is 5.82 Å². The number of anilines is 2. The second-order valence-corrected chi connectivity index (χ2v) is 4.95. The van der Waals surface area contributed by atoms with Gasteiger partial charge in [0.25, 0.3) is 5.69 Å². The molecule has 0 saturated carbocycles. The van der Waals surface area contributed by atoms with Crippen LogP contribution >= 0.6 is 0 Å². The van der Waals surface area contributed by atoms with Gasteiger partial charge >= 0.3 is 0 Å². The van der Waals surface area contributed by atoms with E-state index in [1.54, 1.807) is 16.9 Å². The minimum atomic E-state index is -0.670. The fraction of sp³-hybridized carbons (Fsp3) is 0.0625. The second-order valence-electron chi connectivity index (χ2n) is 4.95. The number of nitrogens with one attached hydrogen (secondary N) is 1. The van der Waals surface area contributed by atoms with Gasteiger partial charge in [-0.05, 0) is 29.8 Å². The molecule has 0 aliphatic rings. The van der Waals surface area contributed by atoms with Crippen LogP contribution in [0, 0.1) is 15.9 Å². The van der Waals surface area contributed by atoms with Gasteiger partial charge in [-0.2, -0.15) is 5.10 Å². The van der Waals surface area contributed by atoms with Crippen molar-refractivity contribution in [2.45, 2.75) is 6.54 Å². The van der Waals surface area contributed by atoms with Crippen molar-refractivity contribution < 1.29 is 9.31 Å². The van der Waals surface area contributed by atoms with E-state index >= 15 is 0 Å². The van der Waals surface area contributed by atoms with Crippen molar-refractivity contribution in [3.63, 3.8) is 0 Å².